The fourth-order valence-electron chi connectivity index (χ4n) is 4.69. The number of ether oxygens (including phenoxy) is 2. The van der Waals surface area contributed by atoms with E-state index < -0.39 is 0 Å². The summed E-state index contributed by atoms with van der Waals surface area (Å²) in [5, 5.41) is 0. The van der Waals surface area contributed by atoms with Crippen molar-refractivity contribution in [3.8, 4) is 5.75 Å². The Bertz CT molecular complexity index is 615. The number of benzene rings is 1. The van der Waals surface area contributed by atoms with Crippen molar-refractivity contribution in [2.45, 2.75) is 31.9 Å². The fourth-order valence-corrected chi connectivity index (χ4v) is 4.69. The SMILES string of the molecule is COc1ccccc1CN1C[C@H](C(=O)N2CCCC2)[C@@H]2CCO[C@@H]2C1. The van der Waals surface area contributed by atoms with Gasteiger partial charge in [-0.05, 0) is 25.3 Å². The number of methoxy groups -OCH3 is 1. The van der Waals surface area contributed by atoms with E-state index in [1.165, 1.54) is 5.56 Å². The van der Waals surface area contributed by atoms with Crippen molar-refractivity contribution in [1.82, 2.24) is 9.80 Å². The second kappa shape index (κ2) is 7.34. The summed E-state index contributed by atoms with van der Waals surface area (Å²) < 4.78 is 11.5. The van der Waals surface area contributed by atoms with Gasteiger partial charge in [0.05, 0.1) is 19.1 Å². The lowest BCUT2D eigenvalue weighted by Gasteiger charge is -2.40. The molecule has 0 bridgehead atoms. The van der Waals surface area contributed by atoms with Gasteiger partial charge in [0, 0.05) is 50.8 Å². The standard InChI is InChI=1S/C20H28N2O3/c1-24-18-7-3-2-6-15(18)12-21-13-17(16-8-11-25-19(16)14-21)20(23)22-9-4-5-10-22/h2-3,6-7,16-17,19H,4-5,8-14H2,1H3/t16-,17-,19+/m0/s1. The minimum absolute atomic E-state index is 0.0778. The molecule has 0 unspecified atom stereocenters. The predicted octanol–water partition coefficient (Wildman–Crippen LogP) is 2.15. The molecule has 3 fully saturated rings. The molecule has 25 heavy (non-hydrogen) atoms. The lowest BCUT2D eigenvalue weighted by atomic mass is 9.81. The first-order chi connectivity index (χ1) is 12.3. The number of amides is 1. The van der Waals surface area contributed by atoms with Gasteiger partial charge in [-0.15, -0.1) is 0 Å². The molecule has 1 aromatic carbocycles. The van der Waals surface area contributed by atoms with E-state index in [-0.39, 0.29) is 12.0 Å². The van der Waals surface area contributed by atoms with E-state index in [1.54, 1.807) is 7.11 Å². The lowest BCUT2D eigenvalue weighted by Crippen LogP contribution is -2.52. The van der Waals surface area contributed by atoms with E-state index in [1.807, 2.05) is 18.2 Å². The summed E-state index contributed by atoms with van der Waals surface area (Å²) in [7, 11) is 1.71. The highest BCUT2D eigenvalue weighted by Gasteiger charge is 2.45. The highest BCUT2D eigenvalue weighted by molar-refractivity contribution is 5.80. The number of para-hydroxylation sites is 1. The first-order valence-corrected chi connectivity index (χ1v) is 9.51. The van der Waals surface area contributed by atoms with E-state index in [4.69, 9.17) is 9.47 Å². The zero-order valence-corrected chi connectivity index (χ0v) is 15.0. The highest BCUT2D eigenvalue weighted by Crippen LogP contribution is 2.36. The van der Waals surface area contributed by atoms with Gasteiger partial charge in [-0.2, -0.15) is 0 Å². The van der Waals surface area contributed by atoms with Gasteiger partial charge in [0.1, 0.15) is 5.75 Å². The first kappa shape index (κ1) is 16.9. The molecule has 4 rings (SSSR count). The number of likely N-dealkylation sites (tertiary alicyclic amines) is 2. The van der Waals surface area contributed by atoms with Crippen molar-refractivity contribution in [2.24, 2.45) is 11.8 Å². The van der Waals surface area contributed by atoms with E-state index in [9.17, 15) is 4.79 Å². The Morgan fingerprint density at radius 2 is 2.04 bits per heavy atom. The number of fused-ring (bicyclic) bond motifs is 1. The molecule has 1 amide bonds. The zero-order valence-electron chi connectivity index (χ0n) is 15.0. The molecule has 3 heterocycles. The summed E-state index contributed by atoms with van der Waals surface area (Å²) in [6, 6.07) is 8.15. The number of rotatable bonds is 4. The molecular weight excluding hydrogens is 316 g/mol. The van der Waals surface area contributed by atoms with Crippen LogP contribution in [0.15, 0.2) is 24.3 Å². The topological polar surface area (TPSA) is 42.0 Å². The van der Waals surface area contributed by atoms with Gasteiger partial charge in [0.15, 0.2) is 0 Å². The van der Waals surface area contributed by atoms with Crippen LogP contribution in [0.3, 0.4) is 0 Å². The van der Waals surface area contributed by atoms with Crippen molar-refractivity contribution in [3.63, 3.8) is 0 Å². The van der Waals surface area contributed by atoms with Crippen LogP contribution in [0.2, 0.25) is 0 Å². The van der Waals surface area contributed by atoms with Crippen LogP contribution in [-0.4, -0.2) is 61.7 Å². The highest BCUT2D eigenvalue weighted by atomic mass is 16.5. The molecule has 0 radical (unpaired) electrons. The molecule has 3 atom stereocenters. The normalized spacial score (nSPS) is 29.6. The molecular formula is C20H28N2O3. The van der Waals surface area contributed by atoms with Gasteiger partial charge in [0.25, 0.3) is 0 Å². The Kier molecular flexibility index (Phi) is 4.95. The quantitative estimate of drug-likeness (QED) is 0.839. The van der Waals surface area contributed by atoms with Crippen LogP contribution in [0.25, 0.3) is 0 Å². The number of carbonyl (C=O) groups is 1. The predicted molar refractivity (Wildman–Crippen MR) is 95.4 cm³/mol. The van der Waals surface area contributed by atoms with E-state index in [0.29, 0.717) is 11.8 Å². The molecule has 0 saturated carbocycles. The fraction of sp³-hybridized carbons (Fsp3) is 0.650. The van der Waals surface area contributed by atoms with Crippen LogP contribution in [0.5, 0.6) is 5.75 Å². The van der Waals surface area contributed by atoms with Crippen molar-refractivity contribution in [3.05, 3.63) is 29.8 Å². The molecule has 5 nitrogen and oxygen atoms in total. The Labute approximate surface area is 149 Å². The lowest BCUT2D eigenvalue weighted by molar-refractivity contribution is -0.140. The Balaban J connectivity index is 1.50. The maximum absolute atomic E-state index is 13.1. The molecule has 3 saturated heterocycles. The summed E-state index contributed by atoms with van der Waals surface area (Å²) in [6.45, 7) is 5.20. The van der Waals surface area contributed by atoms with E-state index in [2.05, 4.69) is 15.9 Å². The zero-order chi connectivity index (χ0) is 17.2. The maximum atomic E-state index is 13.1. The van der Waals surface area contributed by atoms with Crippen LogP contribution in [-0.2, 0) is 16.1 Å². The first-order valence-electron chi connectivity index (χ1n) is 9.51. The number of piperidine rings is 1. The van der Waals surface area contributed by atoms with E-state index >= 15 is 0 Å². The summed E-state index contributed by atoms with van der Waals surface area (Å²) in [6.07, 6.45) is 3.51. The summed E-state index contributed by atoms with van der Waals surface area (Å²) in [4.78, 5) is 17.5. The van der Waals surface area contributed by atoms with Gasteiger partial charge < -0.3 is 14.4 Å². The Morgan fingerprint density at radius 3 is 2.84 bits per heavy atom. The smallest absolute Gasteiger partial charge is 0.227 e. The minimum Gasteiger partial charge on any atom is -0.496 e. The van der Waals surface area contributed by atoms with Gasteiger partial charge >= 0.3 is 0 Å². The summed E-state index contributed by atoms with van der Waals surface area (Å²) >= 11 is 0. The number of carbonyl (C=O) groups excluding carboxylic acids is 1. The summed E-state index contributed by atoms with van der Waals surface area (Å²) in [5.41, 5.74) is 1.17. The van der Waals surface area contributed by atoms with Gasteiger partial charge in [-0.1, -0.05) is 18.2 Å². The third-order valence-electron chi connectivity index (χ3n) is 5.99. The second-order valence-electron chi connectivity index (χ2n) is 7.51. The van der Waals surface area contributed by atoms with Gasteiger partial charge in [0.2, 0.25) is 5.91 Å². The average molecular weight is 344 g/mol. The van der Waals surface area contributed by atoms with Gasteiger partial charge in [-0.25, -0.2) is 0 Å². The molecule has 0 spiro atoms. The average Bonchev–Trinajstić information content (AvgIpc) is 3.32. The van der Waals surface area contributed by atoms with Crippen LogP contribution in [0, 0.1) is 11.8 Å². The number of hydrogen-bond acceptors (Lipinski definition) is 4. The van der Waals surface area contributed by atoms with Crippen LogP contribution in [0.4, 0.5) is 0 Å². The minimum atomic E-state index is 0.0778. The van der Waals surface area contributed by atoms with E-state index in [0.717, 1.165) is 64.3 Å². The second-order valence-corrected chi connectivity index (χ2v) is 7.51. The van der Waals surface area contributed by atoms with Crippen LogP contribution in [0.1, 0.15) is 24.8 Å². The molecule has 1 aromatic rings. The molecule has 3 aliphatic rings. The molecule has 0 aliphatic carbocycles. The largest absolute Gasteiger partial charge is 0.496 e. The molecule has 0 N–H and O–H groups in total. The van der Waals surface area contributed by atoms with Crippen molar-refractivity contribution >= 4 is 5.91 Å². The van der Waals surface area contributed by atoms with Crippen molar-refractivity contribution < 1.29 is 14.3 Å². The monoisotopic (exact) mass is 344 g/mol. The number of nitrogens with zero attached hydrogens (tertiary/aromatic N) is 2. The van der Waals surface area contributed by atoms with Crippen LogP contribution >= 0.6 is 0 Å². The van der Waals surface area contributed by atoms with Crippen LogP contribution < -0.4 is 4.74 Å². The molecule has 5 heteroatoms. The number of hydrogen-bond donors (Lipinski definition) is 0. The van der Waals surface area contributed by atoms with Gasteiger partial charge in [-0.3, -0.25) is 9.69 Å². The van der Waals surface area contributed by atoms with Crippen molar-refractivity contribution in [2.75, 3.05) is 39.9 Å². The molecule has 136 valence electrons. The Morgan fingerprint density at radius 1 is 1.24 bits per heavy atom. The summed E-state index contributed by atoms with van der Waals surface area (Å²) in [5.74, 6) is 1.73. The molecule has 0 aromatic heterocycles. The maximum Gasteiger partial charge on any atom is 0.227 e. The third-order valence-corrected chi connectivity index (χ3v) is 5.99. The third kappa shape index (κ3) is 3.40. The van der Waals surface area contributed by atoms with Crippen molar-refractivity contribution in [1.29, 1.82) is 0 Å². The Hall–Kier alpha value is -1.59. The molecule has 3 aliphatic heterocycles.